The molecule has 0 unspecified atom stereocenters. The van der Waals surface area contributed by atoms with Gasteiger partial charge >= 0.3 is 0 Å². The quantitative estimate of drug-likeness (QED) is 0.772. The number of anilines is 1. The van der Waals surface area contributed by atoms with Crippen LogP contribution in [0.25, 0.3) is 0 Å². The molecule has 0 saturated carbocycles. The van der Waals surface area contributed by atoms with Crippen molar-refractivity contribution in [1.82, 2.24) is 10.3 Å². The van der Waals surface area contributed by atoms with Crippen molar-refractivity contribution < 1.29 is 4.74 Å². The molecular formula is C11H18BrN3O. The predicted molar refractivity (Wildman–Crippen MR) is 70.0 cm³/mol. The van der Waals surface area contributed by atoms with E-state index in [9.17, 15) is 0 Å². The van der Waals surface area contributed by atoms with E-state index in [0.717, 1.165) is 36.5 Å². The second kappa shape index (κ2) is 7.60. The summed E-state index contributed by atoms with van der Waals surface area (Å²) >= 11 is 3.49. The van der Waals surface area contributed by atoms with Gasteiger partial charge in [0.15, 0.2) is 0 Å². The van der Waals surface area contributed by atoms with E-state index in [1.807, 2.05) is 19.2 Å². The number of nitrogens with zero attached hydrogens (tertiary/aromatic N) is 2. The third-order valence-electron chi connectivity index (χ3n) is 2.21. The molecule has 0 aliphatic carbocycles. The van der Waals surface area contributed by atoms with Gasteiger partial charge in [-0.1, -0.05) is 0 Å². The summed E-state index contributed by atoms with van der Waals surface area (Å²) in [6.45, 7) is 3.47. The summed E-state index contributed by atoms with van der Waals surface area (Å²) in [6.07, 6.45) is 1.80. The zero-order valence-electron chi connectivity index (χ0n) is 9.74. The highest BCUT2D eigenvalue weighted by Gasteiger charge is 2.05. The fraction of sp³-hybridized carbons (Fsp3) is 0.545. The van der Waals surface area contributed by atoms with Crippen molar-refractivity contribution in [3.63, 3.8) is 0 Å². The van der Waals surface area contributed by atoms with Crippen molar-refractivity contribution in [2.75, 3.05) is 45.3 Å². The molecule has 0 radical (unpaired) electrons. The number of rotatable bonds is 7. The highest BCUT2D eigenvalue weighted by Crippen LogP contribution is 2.21. The first kappa shape index (κ1) is 13.4. The van der Waals surface area contributed by atoms with Crippen molar-refractivity contribution in [3.8, 4) is 0 Å². The fourth-order valence-corrected chi connectivity index (χ4v) is 1.87. The van der Waals surface area contributed by atoms with Crippen LogP contribution in [0.3, 0.4) is 0 Å². The summed E-state index contributed by atoms with van der Waals surface area (Å²) in [6, 6.07) is 3.91. The van der Waals surface area contributed by atoms with Gasteiger partial charge in [-0.25, -0.2) is 4.98 Å². The second-order valence-electron chi connectivity index (χ2n) is 3.47. The van der Waals surface area contributed by atoms with E-state index in [0.29, 0.717) is 0 Å². The summed E-state index contributed by atoms with van der Waals surface area (Å²) in [5, 5.41) is 3.30. The molecule has 0 aliphatic rings. The SMILES string of the molecule is COCCNCCN(C)c1ncccc1Br. The molecule has 0 fully saturated rings. The highest BCUT2D eigenvalue weighted by atomic mass is 79.9. The number of halogens is 1. The molecule has 1 heterocycles. The van der Waals surface area contributed by atoms with E-state index < -0.39 is 0 Å². The molecule has 0 saturated heterocycles. The molecule has 90 valence electrons. The van der Waals surface area contributed by atoms with Crippen molar-refractivity contribution >= 4 is 21.7 Å². The molecule has 0 aromatic carbocycles. The van der Waals surface area contributed by atoms with E-state index in [-0.39, 0.29) is 0 Å². The number of aromatic nitrogens is 1. The Morgan fingerprint density at radius 2 is 2.31 bits per heavy atom. The van der Waals surface area contributed by atoms with Crippen LogP contribution >= 0.6 is 15.9 Å². The van der Waals surface area contributed by atoms with Gasteiger partial charge in [-0.3, -0.25) is 0 Å². The second-order valence-corrected chi connectivity index (χ2v) is 4.33. The third-order valence-corrected chi connectivity index (χ3v) is 2.83. The van der Waals surface area contributed by atoms with Crippen LogP contribution in [-0.2, 0) is 4.74 Å². The molecule has 5 heteroatoms. The van der Waals surface area contributed by atoms with Gasteiger partial charge in [-0.15, -0.1) is 0 Å². The lowest BCUT2D eigenvalue weighted by Gasteiger charge is -2.19. The van der Waals surface area contributed by atoms with Crippen LogP contribution in [0.4, 0.5) is 5.82 Å². The lowest BCUT2D eigenvalue weighted by atomic mass is 10.4. The number of pyridine rings is 1. The Bertz CT molecular complexity index is 309. The molecule has 0 atom stereocenters. The van der Waals surface area contributed by atoms with Crippen LogP contribution in [0.1, 0.15) is 0 Å². The Balaban J connectivity index is 2.30. The first-order valence-electron chi connectivity index (χ1n) is 5.27. The maximum atomic E-state index is 4.96. The Morgan fingerprint density at radius 1 is 1.50 bits per heavy atom. The zero-order chi connectivity index (χ0) is 11.8. The summed E-state index contributed by atoms with van der Waals surface area (Å²) in [4.78, 5) is 6.43. The monoisotopic (exact) mass is 287 g/mol. The van der Waals surface area contributed by atoms with E-state index in [1.165, 1.54) is 0 Å². The normalized spacial score (nSPS) is 10.4. The van der Waals surface area contributed by atoms with Gasteiger partial charge in [-0.2, -0.15) is 0 Å². The van der Waals surface area contributed by atoms with E-state index >= 15 is 0 Å². The number of ether oxygens (including phenoxy) is 1. The standard InChI is InChI=1S/C11H18BrN3O/c1-15(8-6-13-7-9-16-2)11-10(12)4-3-5-14-11/h3-5,13H,6-9H2,1-2H3. The lowest BCUT2D eigenvalue weighted by molar-refractivity contribution is 0.200. The molecule has 1 aromatic rings. The maximum Gasteiger partial charge on any atom is 0.142 e. The Morgan fingerprint density at radius 3 is 3.00 bits per heavy atom. The zero-order valence-corrected chi connectivity index (χ0v) is 11.3. The predicted octanol–water partition coefficient (Wildman–Crippen LogP) is 1.52. The topological polar surface area (TPSA) is 37.4 Å². The number of hydrogen-bond acceptors (Lipinski definition) is 4. The van der Waals surface area contributed by atoms with Gasteiger partial charge in [0.25, 0.3) is 0 Å². The molecule has 0 aliphatic heterocycles. The van der Waals surface area contributed by atoms with Gasteiger partial charge in [0.2, 0.25) is 0 Å². The minimum Gasteiger partial charge on any atom is -0.383 e. The van der Waals surface area contributed by atoms with E-state index in [2.05, 4.69) is 31.1 Å². The van der Waals surface area contributed by atoms with Crippen molar-refractivity contribution in [1.29, 1.82) is 0 Å². The summed E-state index contributed by atoms with van der Waals surface area (Å²) in [5.41, 5.74) is 0. The minimum absolute atomic E-state index is 0.747. The molecule has 16 heavy (non-hydrogen) atoms. The number of hydrogen-bond donors (Lipinski definition) is 1. The molecule has 0 amide bonds. The van der Waals surface area contributed by atoms with Crippen molar-refractivity contribution in [2.24, 2.45) is 0 Å². The molecule has 1 aromatic heterocycles. The largest absolute Gasteiger partial charge is 0.383 e. The van der Waals surface area contributed by atoms with E-state index in [4.69, 9.17) is 4.74 Å². The average molecular weight is 288 g/mol. The molecule has 4 nitrogen and oxygen atoms in total. The smallest absolute Gasteiger partial charge is 0.142 e. The summed E-state index contributed by atoms with van der Waals surface area (Å²) in [5.74, 6) is 0.969. The molecule has 0 bridgehead atoms. The molecular weight excluding hydrogens is 270 g/mol. The maximum absolute atomic E-state index is 4.96. The first-order chi connectivity index (χ1) is 7.75. The van der Waals surface area contributed by atoms with Crippen LogP contribution in [0.15, 0.2) is 22.8 Å². The number of likely N-dealkylation sites (N-methyl/N-ethyl adjacent to an activating group) is 1. The average Bonchev–Trinajstić information content (AvgIpc) is 2.29. The minimum atomic E-state index is 0.747. The summed E-state index contributed by atoms with van der Waals surface area (Å²) in [7, 11) is 3.74. The van der Waals surface area contributed by atoms with Gasteiger partial charge in [0, 0.05) is 40.0 Å². The van der Waals surface area contributed by atoms with Gasteiger partial charge in [-0.05, 0) is 28.1 Å². The fourth-order valence-electron chi connectivity index (χ4n) is 1.31. The first-order valence-corrected chi connectivity index (χ1v) is 6.06. The Hall–Kier alpha value is -0.650. The van der Waals surface area contributed by atoms with Crippen LogP contribution in [0, 0.1) is 0 Å². The molecule has 1 rings (SSSR count). The number of nitrogens with one attached hydrogen (secondary N) is 1. The van der Waals surface area contributed by atoms with Gasteiger partial charge < -0.3 is 15.0 Å². The summed E-state index contributed by atoms with van der Waals surface area (Å²) < 4.78 is 5.98. The third kappa shape index (κ3) is 4.47. The lowest BCUT2D eigenvalue weighted by Crippen LogP contribution is -2.31. The van der Waals surface area contributed by atoms with Gasteiger partial charge in [0.05, 0.1) is 11.1 Å². The van der Waals surface area contributed by atoms with Crippen LogP contribution in [0.5, 0.6) is 0 Å². The van der Waals surface area contributed by atoms with Gasteiger partial charge in [0.1, 0.15) is 5.82 Å². The Labute approximate surface area is 105 Å². The van der Waals surface area contributed by atoms with Crippen LogP contribution in [0.2, 0.25) is 0 Å². The Kier molecular flexibility index (Phi) is 6.37. The molecule has 0 spiro atoms. The number of methoxy groups -OCH3 is 1. The van der Waals surface area contributed by atoms with Crippen molar-refractivity contribution in [2.45, 2.75) is 0 Å². The van der Waals surface area contributed by atoms with Crippen LogP contribution in [-0.4, -0.2) is 45.4 Å². The molecule has 1 N–H and O–H groups in total. The van der Waals surface area contributed by atoms with Crippen LogP contribution < -0.4 is 10.2 Å². The van der Waals surface area contributed by atoms with Crippen molar-refractivity contribution in [3.05, 3.63) is 22.8 Å². The van der Waals surface area contributed by atoms with E-state index in [1.54, 1.807) is 13.3 Å². The highest BCUT2D eigenvalue weighted by molar-refractivity contribution is 9.10.